The molecule has 9 heteroatoms. The summed E-state index contributed by atoms with van der Waals surface area (Å²) in [5.41, 5.74) is 4.83. The average Bonchev–Trinajstić information content (AvgIpc) is 3.43. The summed E-state index contributed by atoms with van der Waals surface area (Å²) in [6.07, 6.45) is 1.63. The quantitative estimate of drug-likeness (QED) is 0.290. The molecule has 8 nitrogen and oxygen atoms in total. The van der Waals surface area contributed by atoms with Gasteiger partial charge in [0.1, 0.15) is 5.82 Å². The fraction of sp³-hybridized carbons (Fsp3) is 0.233. The molecule has 3 heterocycles. The maximum atomic E-state index is 15.2. The Balaban J connectivity index is 1.31. The van der Waals surface area contributed by atoms with E-state index >= 15 is 4.39 Å². The Morgan fingerprint density at radius 1 is 0.872 bits per heavy atom. The molecule has 0 saturated carbocycles. The minimum Gasteiger partial charge on any atom is -0.367 e. The van der Waals surface area contributed by atoms with Crippen molar-refractivity contribution in [2.45, 2.75) is 13.1 Å². The molecule has 5 aromatic rings. The van der Waals surface area contributed by atoms with Crippen molar-refractivity contribution in [1.82, 2.24) is 24.8 Å². The number of anilines is 4. The number of aromatic nitrogens is 4. The largest absolute Gasteiger partial charge is 0.367 e. The van der Waals surface area contributed by atoms with Gasteiger partial charge in [-0.15, -0.1) is 0 Å². The van der Waals surface area contributed by atoms with Crippen LogP contribution in [0.3, 0.4) is 0 Å². The Labute approximate surface area is 227 Å². The zero-order valence-electron chi connectivity index (χ0n) is 21.9. The predicted octanol–water partition coefficient (Wildman–Crippen LogP) is 5.19. The van der Waals surface area contributed by atoms with Gasteiger partial charge in [0.05, 0.1) is 12.0 Å². The zero-order chi connectivity index (χ0) is 26.6. The maximum Gasteiger partial charge on any atom is 0.231 e. The molecule has 0 aliphatic carbocycles. The van der Waals surface area contributed by atoms with Crippen molar-refractivity contribution in [3.63, 3.8) is 0 Å². The summed E-state index contributed by atoms with van der Waals surface area (Å²) in [6, 6.07) is 25.8. The van der Waals surface area contributed by atoms with E-state index in [1.165, 1.54) is 6.07 Å². The first-order valence-corrected chi connectivity index (χ1v) is 13.2. The number of rotatable bonds is 8. The lowest BCUT2D eigenvalue weighted by Crippen LogP contribution is -2.44. The average molecular weight is 523 g/mol. The van der Waals surface area contributed by atoms with Crippen LogP contribution in [0.4, 0.5) is 27.5 Å². The van der Waals surface area contributed by atoms with Gasteiger partial charge in [-0.1, -0.05) is 60.7 Å². The molecular weight excluding hydrogens is 491 g/mol. The highest BCUT2D eigenvalue weighted by molar-refractivity contribution is 5.84. The van der Waals surface area contributed by atoms with Crippen molar-refractivity contribution in [3.05, 3.63) is 102 Å². The van der Waals surface area contributed by atoms with Gasteiger partial charge in [0.15, 0.2) is 17.0 Å². The molecule has 0 unspecified atom stereocenters. The van der Waals surface area contributed by atoms with E-state index in [1.807, 2.05) is 48.5 Å². The number of imidazole rings is 1. The number of nitrogens with one attached hydrogen (secondary N) is 2. The van der Waals surface area contributed by atoms with E-state index in [0.717, 1.165) is 37.3 Å². The molecule has 0 bridgehead atoms. The van der Waals surface area contributed by atoms with E-state index < -0.39 is 0 Å². The summed E-state index contributed by atoms with van der Waals surface area (Å²) in [5.74, 6) is 0.813. The van der Waals surface area contributed by atoms with Crippen LogP contribution in [0, 0.1) is 5.82 Å². The number of nitrogens with zero attached hydrogens (tertiary/aromatic N) is 6. The van der Waals surface area contributed by atoms with Crippen molar-refractivity contribution in [3.8, 4) is 0 Å². The van der Waals surface area contributed by atoms with E-state index in [9.17, 15) is 0 Å². The molecule has 1 fully saturated rings. The summed E-state index contributed by atoms with van der Waals surface area (Å²) in [4.78, 5) is 23.7. The molecule has 3 aromatic carbocycles. The second-order valence-electron chi connectivity index (χ2n) is 9.88. The predicted molar refractivity (Wildman–Crippen MR) is 154 cm³/mol. The molecule has 6 rings (SSSR count). The molecule has 39 heavy (non-hydrogen) atoms. The minimum absolute atomic E-state index is 0.262. The number of H-pyrrole nitrogens is 1. The fourth-order valence-electron chi connectivity index (χ4n) is 4.93. The van der Waals surface area contributed by atoms with E-state index in [2.05, 4.69) is 66.3 Å². The number of fused-ring (bicyclic) bond motifs is 1. The third-order valence-corrected chi connectivity index (χ3v) is 7.04. The molecule has 0 radical (unpaired) electrons. The van der Waals surface area contributed by atoms with Gasteiger partial charge in [-0.2, -0.15) is 9.97 Å². The molecule has 0 spiro atoms. The Morgan fingerprint density at radius 3 is 2.18 bits per heavy atom. The van der Waals surface area contributed by atoms with Crippen molar-refractivity contribution in [2.24, 2.45) is 0 Å². The highest BCUT2D eigenvalue weighted by Crippen LogP contribution is 2.29. The van der Waals surface area contributed by atoms with E-state index in [1.54, 1.807) is 6.33 Å². The van der Waals surface area contributed by atoms with Crippen LogP contribution >= 0.6 is 0 Å². The number of aromatic amines is 1. The topological polar surface area (TPSA) is 76.2 Å². The van der Waals surface area contributed by atoms with Gasteiger partial charge in [-0.05, 0) is 36.4 Å². The second kappa shape index (κ2) is 11.1. The smallest absolute Gasteiger partial charge is 0.231 e. The standard InChI is InChI=1S/C30H31FN8/c1-37-14-16-38(17-15-37)26-13-12-24(18-25(26)31)34-30-35-28-27(32-21-33-28)29(36-30)39(19-22-8-4-2-5-9-22)20-23-10-6-3-7-11-23/h2-13,18,21H,14-17,19-20H2,1H3,(H2,32,33,34,35,36). The highest BCUT2D eigenvalue weighted by Gasteiger charge is 2.20. The first kappa shape index (κ1) is 24.8. The number of hydrogen-bond donors (Lipinski definition) is 2. The normalized spacial score (nSPS) is 14.1. The van der Waals surface area contributed by atoms with Gasteiger partial charge in [0, 0.05) is 45.0 Å². The lowest BCUT2D eigenvalue weighted by molar-refractivity contribution is 0.311. The van der Waals surface area contributed by atoms with Gasteiger partial charge >= 0.3 is 0 Å². The molecule has 198 valence electrons. The summed E-state index contributed by atoms with van der Waals surface area (Å²) in [7, 11) is 2.09. The van der Waals surface area contributed by atoms with Crippen LogP contribution < -0.4 is 15.1 Å². The number of benzene rings is 3. The van der Waals surface area contributed by atoms with Gasteiger partial charge in [-0.3, -0.25) is 0 Å². The Kier molecular flexibility index (Phi) is 7.05. The van der Waals surface area contributed by atoms with Crippen molar-refractivity contribution < 1.29 is 4.39 Å². The molecular formula is C30H31FN8. The third kappa shape index (κ3) is 5.68. The summed E-state index contributed by atoms with van der Waals surface area (Å²) < 4.78 is 15.2. The number of hydrogen-bond acceptors (Lipinski definition) is 7. The Hall–Kier alpha value is -4.50. The number of halogens is 1. The minimum atomic E-state index is -0.262. The third-order valence-electron chi connectivity index (χ3n) is 7.04. The van der Waals surface area contributed by atoms with Crippen LogP contribution in [0.25, 0.3) is 11.2 Å². The number of likely N-dealkylation sites (N-methyl/N-ethyl adjacent to an activating group) is 1. The number of piperazine rings is 1. The summed E-state index contributed by atoms with van der Waals surface area (Å²) in [6.45, 7) is 4.74. The van der Waals surface area contributed by atoms with Crippen LogP contribution in [0.1, 0.15) is 11.1 Å². The van der Waals surface area contributed by atoms with E-state index in [4.69, 9.17) is 4.98 Å². The molecule has 2 aromatic heterocycles. The van der Waals surface area contributed by atoms with E-state index in [-0.39, 0.29) is 5.82 Å². The lowest BCUT2D eigenvalue weighted by atomic mass is 10.1. The first-order chi connectivity index (χ1) is 19.1. The molecule has 1 aliphatic rings. The Morgan fingerprint density at radius 2 is 1.54 bits per heavy atom. The van der Waals surface area contributed by atoms with Gasteiger partial charge in [-0.25, -0.2) is 9.37 Å². The molecule has 1 aliphatic heterocycles. The van der Waals surface area contributed by atoms with Crippen LogP contribution in [0.15, 0.2) is 85.2 Å². The SMILES string of the molecule is CN1CCN(c2ccc(Nc3nc(N(Cc4ccccc4)Cc4ccccc4)c4nc[nH]c4n3)cc2F)CC1. The van der Waals surface area contributed by atoms with E-state index in [0.29, 0.717) is 47.4 Å². The molecule has 2 N–H and O–H groups in total. The first-order valence-electron chi connectivity index (χ1n) is 13.2. The second-order valence-corrected chi connectivity index (χ2v) is 9.88. The van der Waals surface area contributed by atoms with Crippen molar-refractivity contribution >= 4 is 34.3 Å². The maximum absolute atomic E-state index is 15.2. The summed E-state index contributed by atoms with van der Waals surface area (Å²) in [5, 5.41) is 3.22. The van der Waals surface area contributed by atoms with Crippen LogP contribution in [0.5, 0.6) is 0 Å². The van der Waals surface area contributed by atoms with Crippen LogP contribution in [-0.2, 0) is 13.1 Å². The van der Waals surface area contributed by atoms with Crippen molar-refractivity contribution in [2.75, 3.05) is 48.3 Å². The summed E-state index contributed by atoms with van der Waals surface area (Å²) >= 11 is 0. The van der Waals surface area contributed by atoms with Gasteiger partial charge < -0.3 is 25.0 Å². The van der Waals surface area contributed by atoms with Gasteiger partial charge in [0.2, 0.25) is 5.95 Å². The molecule has 0 amide bonds. The zero-order valence-corrected chi connectivity index (χ0v) is 21.9. The molecule has 0 atom stereocenters. The molecule has 1 saturated heterocycles. The highest BCUT2D eigenvalue weighted by atomic mass is 19.1. The van der Waals surface area contributed by atoms with Gasteiger partial charge in [0.25, 0.3) is 0 Å². The van der Waals surface area contributed by atoms with Crippen molar-refractivity contribution in [1.29, 1.82) is 0 Å². The van der Waals surface area contributed by atoms with Crippen LogP contribution in [0.2, 0.25) is 0 Å². The van der Waals surface area contributed by atoms with Crippen LogP contribution in [-0.4, -0.2) is 58.1 Å². The lowest BCUT2D eigenvalue weighted by Gasteiger charge is -2.34. The Bertz CT molecular complexity index is 1490. The monoisotopic (exact) mass is 522 g/mol. The fourth-order valence-corrected chi connectivity index (χ4v) is 4.93.